The summed E-state index contributed by atoms with van der Waals surface area (Å²) in [7, 11) is 0. The first-order valence-electron chi connectivity index (χ1n) is 7.10. The number of nitro benzene ring substituents is 1. The van der Waals surface area contributed by atoms with Gasteiger partial charge in [0.05, 0.1) is 22.1 Å². The molecule has 1 saturated heterocycles. The average molecular weight is 314 g/mol. The molecular weight excluding hydrogens is 294 g/mol. The van der Waals surface area contributed by atoms with E-state index >= 15 is 0 Å². The first-order chi connectivity index (χ1) is 10.1. The molecule has 1 fully saturated rings. The van der Waals surface area contributed by atoms with Gasteiger partial charge in [0.15, 0.2) is 0 Å². The molecule has 1 aromatic rings. The van der Waals surface area contributed by atoms with Crippen LogP contribution in [0.1, 0.15) is 18.4 Å². The highest BCUT2D eigenvalue weighted by Gasteiger charge is 2.22. The summed E-state index contributed by atoms with van der Waals surface area (Å²) in [6, 6.07) is 5.08. The molecule has 1 unspecified atom stereocenters. The molecule has 0 spiro atoms. The highest BCUT2D eigenvalue weighted by atomic mass is 35.5. The van der Waals surface area contributed by atoms with Crippen LogP contribution in [0, 0.1) is 10.1 Å². The van der Waals surface area contributed by atoms with Crippen LogP contribution in [0.4, 0.5) is 5.69 Å². The Hall–Kier alpha value is -1.21. The molecule has 0 amide bonds. The Balaban J connectivity index is 2.13. The molecule has 0 radical (unpaired) electrons. The fourth-order valence-electron chi connectivity index (χ4n) is 2.70. The van der Waals surface area contributed by atoms with Crippen LogP contribution in [0.25, 0.3) is 0 Å². The molecule has 1 aliphatic heterocycles. The largest absolute Gasteiger partial charge is 0.395 e. The Morgan fingerprint density at radius 3 is 2.95 bits per heavy atom. The molecule has 7 heteroatoms. The molecule has 2 rings (SSSR count). The number of rotatable bonds is 7. The molecule has 6 nitrogen and oxygen atoms in total. The fourth-order valence-corrected chi connectivity index (χ4v) is 2.93. The maximum atomic E-state index is 11.1. The Morgan fingerprint density at radius 2 is 2.33 bits per heavy atom. The number of benzene rings is 1. The number of halogens is 1. The lowest BCUT2D eigenvalue weighted by Crippen LogP contribution is -2.38. The van der Waals surface area contributed by atoms with Crippen molar-refractivity contribution >= 4 is 17.3 Å². The molecule has 0 aromatic heterocycles. The molecule has 0 saturated carbocycles. The summed E-state index contributed by atoms with van der Waals surface area (Å²) in [6.45, 7) is 2.62. The monoisotopic (exact) mass is 313 g/mol. The quantitative estimate of drug-likeness (QED) is 0.593. The van der Waals surface area contributed by atoms with Gasteiger partial charge in [-0.25, -0.2) is 0 Å². The van der Waals surface area contributed by atoms with E-state index < -0.39 is 4.92 Å². The van der Waals surface area contributed by atoms with Crippen molar-refractivity contribution in [2.45, 2.75) is 25.4 Å². The van der Waals surface area contributed by atoms with Crippen LogP contribution in [0.15, 0.2) is 18.2 Å². The number of aliphatic hydroxyl groups excluding tert-OH is 1. The number of nitrogens with one attached hydrogen (secondary N) is 1. The third-order valence-corrected chi connectivity index (χ3v) is 4.08. The summed E-state index contributed by atoms with van der Waals surface area (Å²) in [5, 5.41) is 24.1. The third kappa shape index (κ3) is 4.38. The van der Waals surface area contributed by atoms with Gasteiger partial charge in [-0.1, -0.05) is 17.7 Å². The molecule has 1 heterocycles. The summed E-state index contributed by atoms with van der Waals surface area (Å²) in [5.74, 6) is 0. The van der Waals surface area contributed by atoms with Crippen LogP contribution in [0.3, 0.4) is 0 Å². The van der Waals surface area contributed by atoms with Gasteiger partial charge in [0.2, 0.25) is 0 Å². The molecule has 1 aromatic carbocycles. The van der Waals surface area contributed by atoms with E-state index in [4.69, 9.17) is 11.6 Å². The second kappa shape index (κ2) is 7.70. The first-order valence-corrected chi connectivity index (χ1v) is 7.48. The molecule has 116 valence electrons. The Labute approximate surface area is 128 Å². The minimum Gasteiger partial charge on any atom is -0.395 e. The smallest absolute Gasteiger partial charge is 0.275 e. The van der Waals surface area contributed by atoms with Crippen molar-refractivity contribution in [3.63, 3.8) is 0 Å². The second-order valence-corrected chi connectivity index (χ2v) is 5.65. The van der Waals surface area contributed by atoms with Gasteiger partial charge in [0.25, 0.3) is 5.69 Å². The van der Waals surface area contributed by atoms with Gasteiger partial charge in [0.1, 0.15) is 0 Å². The first kappa shape index (κ1) is 16.2. The van der Waals surface area contributed by atoms with Gasteiger partial charge >= 0.3 is 0 Å². The Morgan fingerprint density at radius 1 is 1.52 bits per heavy atom. The summed E-state index contributed by atoms with van der Waals surface area (Å²) in [6.07, 6.45) is 2.23. The zero-order valence-corrected chi connectivity index (χ0v) is 12.6. The average Bonchev–Trinajstić information content (AvgIpc) is 2.94. The highest BCUT2D eigenvalue weighted by molar-refractivity contribution is 6.31. The molecule has 1 aliphatic rings. The summed E-state index contributed by atoms with van der Waals surface area (Å²) in [4.78, 5) is 12.7. The third-order valence-electron chi connectivity index (χ3n) is 3.73. The lowest BCUT2D eigenvalue weighted by Gasteiger charge is -2.25. The van der Waals surface area contributed by atoms with Crippen molar-refractivity contribution in [3.8, 4) is 0 Å². The second-order valence-electron chi connectivity index (χ2n) is 5.25. The highest BCUT2D eigenvalue weighted by Crippen LogP contribution is 2.27. The van der Waals surface area contributed by atoms with Gasteiger partial charge in [-0.15, -0.1) is 0 Å². The van der Waals surface area contributed by atoms with Crippen molar-refractivity contribution < 1.29 is 10.0 Å². The van der Waals surface area contributed by atoms with E-state index in [1.54, 1.807) is 12.1 Å². The van der Waals surface area contributed by atoms with Gasteiger partial charge < -0.3 is 10.4 Å². The van der Waals surface area contributed by atoms with Crippen LogP contribution in [0.5, 0.6) is 0 Å². The van der Waals surface area contributed by atoms with Crippen LogP contribution in [-0.4, -0.2) is 47.2 Å². The van der Waals surface area contributed by atoms with E-state index in [0.717, 1.165) is 25.9 Å². The van der Waals surface area contributed by atoms with Crippen LogP contribution < -0.4 is 5.32 Å². The molecule has 0 aliphatic carbocycles. The molecule has 21 heavy (non-hydrogen) atoms. The van der Waals surface area contributed by atoms with Crippen LogP contribution in [-0.2, 0) is 6.54 Å². The summed E-state index contributed by atoms with van der Waals surface area (Å²) < 4.78 is 0. The lowest BCUT2D eigenvalue weighted by atomic mass is 10.1. The van der Waals surface area contributed by atoms with Crippen molar-refractivity contribution in [1.82, 2.24) is 10.2 Å². The van der Waals surface area contributed by atoms with E-state index in [1.807, 2.05) is 4.90 Å². The van der Waals surface area contributed by atoms with E-state index in [1.165, 1.54) is 6.07 Å². The molecule has 1 atom stereocenters. The minimum atomic E-state index is -0.411. The lowest BCUT2D eigenvalue weighted by molar-refractivity contribution is -0.385. The molecular formula is C14H20ClN3O3. The van der Waals surface area contributed by atoms with Gasteiger partial charge in [-0.2, -0.15) is 0 Å². The number of hydrogen-bond donors (Lipinski definition) is 2. The zero-order valence-electron chi connectivity index (χ0n) is 11.8. The zero-order chi connectivity index (χ0) is 15.2. The predicted octanol–water partition coefficient (Wildman–Crippen LogP) is 1.79. The van der Waals surface area contributed by atoms with Gasteiger partial charge in [0, 0.05) is 31.7 Å². The van der Waals surface area contributed by atoms with Crippen molar-refractivity contribution in [2.24, 2.45) is 0 Å². The van der Waals surface area contributed by atoms with E-state index in [0.29, 0.717) is 29.7 Å². The summed E-state index contributed by atoms with van der Waals surface area (Å²) in [5.41, 5.74) is 0.542. The number of hydrogen-bond acceptors (Lipinski definition) is 5. The minimum absolute atomic E-state index is 0.0188. The maximum Gasteiger partial charge on any atom is 0.275 e. The Kier molecular flexibility index (Phi) is 5.93. The van der Waals surface area contributed by atoms with E-state index in [2.05, 4.69) is 5.32 Å². The maximum absolute atomic E-state index is 11.1. The van der Waals surface area contributed by atoms with Crippen molar-refractivity contribution in [1.29, 1.82) is 0 Å². The topological polar surface area (TPSA) is 78.6 Å². The predicted molar refractivity (Wildman–Crippen MR) is 81.5 cm³/mol. The van der Waals surface area contributed by atoms with Crippen molar-refractivity contribution in [3.05, 3.63) is 38.9 Å². The van der Waals surface area contributed by atoms with E-state index in [-0.39, 0.29) is 12.3 Å². The molecule has 0 bridgehead atoms. The summed E-state index contributed by atoms with van der Waals surface area (Å²) >= 11 is 6.13. The standard InChI is InChI=1S/C14H20ClN3O3/c15-13-4-1-5-14(18(20)21)12(13)10-17(7-8-19)9-11-3-2-6-16-11/h1,4-5,11,16,19H,2-3,6-10H2. The fraction of sp³-hybridized carbons (Fsp3) is 0.571. The van der Waals surface area contributed by atoms with Crippen molar-refractivity contribution in [2.75, 3.05) is 26.2 Å². The number of nitrogens with zero attached hydrogens (tertiary/aromatic N) is 2. The number of nitro groups is 1. The van der Waals surface area contributed by atoms with Crippen LogP contribution >= 0.6 is 11.6 Å². The van der Waals surface area contributed by atoms with Gasteiger partial charge in [-0.05, 0) is 25.5 Å². The van der Waals surface area contributed by atoms with Crippen LogP contribution in [0.2, 0.25) is 5.02 Å². The van der Waals surface area contributed by atoms with Gasteiger partial charge in [-0.3, -0.25) is 15.0 Å². The normalized spacial score (nSPS) is 18.3. The molecule has 2 N–H and O–H groups in total. The SMILES string of the molecule is O=[N+]([O-])c1cccc(Cl)c1CN(CCO)CC1CCCN1. The Bertz CT molecular complexity index is 492. The van der Waals surface area contributed by atoms with E-state index in [9.17, 15) is 15.2 Å². The number of aliphatic hydroxyl groups is 1.